The standard InChI is InChI=1S/C24H32O5/c1-14-11-17-18(22(3)8-5-16(26)12-20(14)22)6-9-23(4)19(17)7-10-24(23,28)21(27)13-29-15(2)25/h6,12,14,17,19,28H,5,7-11,13H2,1-4H3/t14-,17+,19-,22+,23-,24-/m0/s1. The number of esters is 1. The van der Waals surface area contributed by atoms with E-state index in [0.29, 0.717) is 31.1 Å². The fourth-order valence-corrected chi connectivity index (χ4v) is 7.03. The lowest BCUT2D eigenvalue weighted by Gasteiger charge is -2.56. The van der Waals surface area contributed by atoms with Gasteiger partial charge in [0.2, 0.25) is 5.78 Å². The minimum atomic E-state index is -1.46. The highest BCUT2D eigenvalue weighted by atomic mass is 16.5. The third-order valence-electron chi connectivity index (χ3n) is 8.68. The molecule has 2 fully saturated rings. The fraction of sp³-hybridized carbons (Fsp3) is 0.708. The summed E-state index contributed by atoms with van der Waals surface area (Å²) in [6.07, 6.45) is 8.37. The third-order valence-corrected chi connectivity index (χ3v) is 8.68. The third kappa shape index (κ3) is 2.80. The minimum absolute atomic E-state index is 0.0833. The number of carbonyl (C=O) groups excluding carboxylic acids is 3. The molecule has 2 saturated carbocycles. The van der Waals surface area contributed by atoms with Crippen molar-refractivity contribution in [1.82, 2.24) is 0 Å². The summed E-state index contributed by atoms with van der Waals surface area (Å²) in [6, 6.07) is 0. The molecule has 158 valence electrons. The number of carbonyl (C=O) groups is 3. The molecule has 6 atom stereocenters. The van der Waals surface area contributed by atoms with Crippen molar-refractivity contribution in [3.63, 3.8) is 0 Å². The summed E-state index contributed by atoms with van der Waals surface area (Å²) in [5.74, 6) is 0.192. The monoisotopic (exact) mass is 400 g/mol. The van der Waals surface area contributed by atoms with Gasteiger partial charge in [0, 0.05) is 24.2 Å². The van der Waals surface area contributed by atoms with E-state index in [-0.39, 0.29) is 29.5 Å². The van der Waals surface area contributed by atoms with E-state index in [2.05, 4.69) is 19.9 Å². The van der Waals surface area contributed by atoms with Crippen LogP contribution in [0.4, 0.5) is 0 Å². The molecule has 0 heterocycles. The van der Waals surface area contributed by atoms with E-state index in [0.717, 1.165) is 19.3 Å². The number of Topliss-reactive ketones (excluding diaryl/α,β-unsaturated/α-hetero) is 1. The number of ketones is 2. The van der Waals surface area contributed by atoms with Gasteiger partial charge in [0.1, 0.15) is 5.60 Å². The van der Waals surface area contributed by atoms with Crippen LogP contribution in [-0.2, 0) is 19.1 Å². The van der Waals surface area contributed by atoms with E-state index < -0.39 is 17.0 Å². The molecule has 0 radical (unpaired) electrons. The highest BCUT2D eigenvalue weighted by Crippen LogP contribution is 2.66. The van der Waals surface area contributed by atoms with Crippen molar-refractivity contribution in [3.8, 4) is 0 Å². The summed E-state index contributed by atoms with van der Waals surface area (Å²) < 4.78 is 4.92. The first-order valence-electron chi connectivity index (χ1n) is 10.9. The van der Waals surface area contributed by atoms with Crippen LogP contribution in [0.2, 0.25) is 0 Å². The summed E-state index contributed by atoms with van der Waals surface area (Å²) in [5.41, 5.74) is 0.575. The van der Waals surface area contributed by atoms with Gasteiger partial charge in [-0.1, -0.05) is 38.0 Å². The number of fused-ring (bicyclic) bond motifs is 5. The molecule has 0 unspecified atom stereocenters. The highest BCUT2D eigenvalue weighted by molar-refractivity contribution is 5.92. The number of ether oxygens (including phenoxy) is 1. The van der Waals surface area contributed by atoms with Crippen LogP contribution in [0.3, 0.4) is 0 Å². The van der Waals surface area contributed by atoms with Crippen LogP contribution >= 0.6 is 0 Å². The summed E-state index contributed by atoms with van der Waals surface area (Å²) in [5, 5.41) is 11.5. The van der Waals surface area contributed by atoms with Gasteiger partial charge >= 0.3 is 5.97 Å². The van der Waals surface area contributed by atoms with Gasteiger partial charge in [-0.25, -0.2) is 0 Å². The Morgan fingerprint density at radius 3 is 2.66 bits per heavy atom. The van der Waals surface area contributed by atoms with Crippen LogP contribution in [-0.4, -0.2) is 34.9 Å². The molecule has 0 aromatic rings. The summed E-state index contributed by atoms with van der Waals surface area (Å²) >= 11 is 0. The molecule has 0 spiro atoms. The average Bonchev–Trinajstić information content (AvgIpc) is 2.94. The topological polar surface area (TPSA) is 80.7 Å². The molecule has 0 amide bonds. The maximum atomic E-state index is 12.9. The number of hydrogen-bond acceptors (Lipinski definition) is 5. The zero-order valence-electron chi connectivity index (χ0n) is 17.9. The molecule has 0 aromatic heterocycles. The molecule has 1 N–H and O–H groups in total. The second-order valence-corrected chi connectivity index (χ2v) is 10.1. The number of rotatable bonds is 3. The fourth-order valence-electron chi connectivity index (χ4n) is 7.03. The Morgan fingerprint density at radius 1 is 1.24 bits per heavy atom. The van der Waals surface area contributed by atoms with Crippen molar-refractivity contribution < 1.29 is 24.2 Å². The lowest BCUT2D eigenvalue weighted by Crippen LogP contribution is -2.56. The maximum Gasteiger partial charge on any atom is 0.303 e. The van der Waals surface area contributed by atoms with Crippen molar-refractivity contribution in [3.05, 3.63) is 23.3 Å². The van der Waals surface area contributed by atoms with Gasteiger partial charge in [0.25, 0.3) is 0 Å². The summed E-state index contributed by atoms with van der Waals surface area (Å²) in [6.45, 7) is 7.43. The van der Waals surface area contributed by atoms with E-state index in [1.165, 1.54) is 18.1 Å². The van der Waals surface area contributed by atoms with Crippen molar-refractivity contribution in [2.75, 3.05) is 6.61 Å². The smallest absolute Gasteiger partial charge is 0.303 e. The Kier molecular flexibility index (Phi) is 4.69. The molecular weight excluding hydrogens is 368 g/mol. The number of aliphatic hydroxyl groups is 1. The van der Waals surface area contributed by atoms with Crippen molar-refractivity contribution in [2.24, 2.45) is 28.6 Å². The first kappa shape index (κ1) is 20.5. The van der Waals surface area contributed by atoms with E-state index in [1.807, 2.05) is 13.0 Å². The molecule has 4 rings (SSSR count). The molecule has 0 saturated heterocycles. The van der Waals surface area contributed by atoms with Gasteiger partial charge in [-0.05, 0) is 55.9 Å². The largest absolute Gasteiger partial charge is 0.458 e. The van der Waals surface area contributed by atoms with E-state index in [9.17, 15) is 19.5 Å². The van der Waals surface area contributed by atoms with Gasteiger partial charge in [0.05, 0.1) is 0 Å². The molecule has 0 aliphatic heterocycles. The lowest BCUT2D eigenvalue weighted by molar-refractivity contribution is -0.162. The zero-order chi connectivity index (χ0) is 21.2. The zero-order valence-corrected chi connectivity index (χ0v) is 17.9. The van der Waals surface area contributed by atoms with Crippen molar-refractivity contribution in [1.29, 1.82) is 0 Å². The van der Waals surface area contributed by atoms with Crippen LogP contribution in [0.1, 0.15) is 66.2 Å². The van der Waals surface area contributed by atoms with Crippen LogP contribution in [0, 0.1) is 28.6 Å². The highest BCUT2D eigenvalue weighted by Gasteiger charge is 2.64. The average molecular weight is 401 g/mol. The maximum absolute atomic E-state index is 12.9. The second-order valence-electron chi connectivity index (χ2n) is 10.1. The van der Waals surface area contributed by atoms with Gasteiger partial charge in [0.15, 0.2) is 12.4 Å². The molecular formula is C24H32O5. The predicted molar refractivity (Wildman–Crippen MR) is 108 cm³/mol. The first-order chi connectivity index (χ1) is 13.5. The SMILES string of the molecule is CC(=O)OCC(=O)[C@@]1(O)CC[C@H]2[C@@H]3C[C@H](C)C4=CC(=O)CC[C@]4(C)C3=CC[C@@]21C. The molecule has 0 bridgehead atoms. The predicted octanol–water partition coefficient (Wildman–Crippen LogP) is 3.55. The number of hydrogen-bond donors (Lipinski definition) is 1. The van der Waals surface area contributed by atoms with Crippen LogP contribution in [0.5, 0.6) is 0 Å². The van der Waals surface area contributed by atoms with Crippen molar-refractivity contribution >= 4 is 17.5 Å². The minimum Gasteiger partial charge on any atom is -0.458 e. The molecule has 5 nitrogen and oxygen atoms in total. The Bertz CT molecular complexity index is 838. The van der Waals surface area contributed by atoms with Gasteiger partial charge in [-0.15, -0.1) is 0 Å². The summed E-state index contributed by atoms with van der Waals surface area (Å²) in [7, 11) is 0. The Labute approximate surface area is 172 Å². The molecule has 5 heteroatoms. The van der Waals surface area contributed by atoms with E-state index in [4.69, 9.17) is 4.74 Å². The second kappa shape index (κ2) is 6.63. The molecule has 4 aliphatic rings. The van der Waals surface area contributed by atoms with Crippen LogP contribution < -0.4 is 0 Å². The quantitative estimate of drug-likeness (QED) is 0.579. The van der Waals surface area contributed by atoms with Gasteiger partial charge in [-0.2, -0.15) is 0 Å². The Balaban J connectivity index is 1.70. The summed E-state index contributed by atoms with van der Waals surface area (Å²) in [4.78, 5) is 36.1. The van der Waals surface area contributed by atoms with Crippen molar-refractivity contribution in [2.45, 2.75) is 71.8 Å². The normalized spacial score (nSPS) is 43.5. The first-order valence-corrected chi connectivity index (χ1v) is 10.9. The lowest BCUT2D eigenvalue weighted by atomic mass is 9.49. The van der Waals surface area contributed by atoms with Gasteiger partial charge < -0.3 is 9.84 Å². The Hall–Kier alpha value is -1.75. The van der Waals surface area contributed by atoms with Gasteiger partial charge in [-0.3, -0.25) is 14.4 Å². The van der Waals surface area contributed by atoms with E-state index >= 15 is 0 Å². The Morgan fingerprint density at radius 2 is 1.97 bits per heavy atom. The molecule has 4 aliphatic carbocycles. The molecule has 0 aromatic carbocycles. The van der Waals surface area contributed by atoms with Crippen LogP contribution in [0.25, 0.3) is 0 Å². The number of allylic oxidation sites excluding steroid dienone is 4. The molecule has 29 heavy (non-hydrogen) atoms. The van der Waals surface area contributed by atoms with E-state index in [1.54, 1.807) is 0 Å². The van der Waals surface area contributed by atoms with Crippen LogP contribution in [0.15, 0.2) is 23.3 Å².